The Bertz CT molecular complexity index is 2340. The molecule has 4 aromatic rings. The number of imide groups is 1. The van der Waals surface area contributed by atoms with Crippen LogP contribution < -0.4 is 25.6 Å². The van der Waals surface area contributed by atoms with E-state index in [1.807, 2.05) is 0 Å². The zero-order valence-corrected chi connectivity index (χ0v) is 35.1. The first-order valence-electron chi connectivity index (χ1n) is 18.9. The first-order valence-corrected chi connectivity index (χ1v) is 20.5. The maximum atomic E-state index is 15.4. The van der Waals surface area contributed by atoms with Gasteiger partial charge in [-0.05, 0) is 133 Å². The highest BCUT2D eigenvalue weighted by molar-refractivity contribution is 7.92. The molecular formula is C42H50FN5O10S. The van der Waals surface area contributed by atoms with Crippen molar-refractivity contribution in [3.63, 3.8) is 0 Å². The number of hydrogen-bond donors (Lipinski definition) is 4. The first-order chi connectivity index (χ1) is 27.6. The Balaban J connectivity index is 1.38. The van der Waals surface area contributed by atoms with Crippen molar-refractivity contribution in [3.05, 3.63) is 83.3 Å². The summed E-state index contributed by atoms with van der Waals surface area (Å²) in [7, 11) is -0.297. The summed E-state index contributed by atoms with van der Waals surface area (Å²) in [6.07, 6.45) is 0.0517. The van der Waals surface area contributed by atoms with E-state index in [1.54, 1.807) is 78.9 Å². The molecule has 316 valence electrons. The molecule has 1 aliphatic rings. The number of amides is 3. The SMILES string of the molecule is CNCc1cc(NC(=O)CCc2cc(C(Nc3ccc4c(N(C(=O)OC(C)(C)C)C(=O)OC(C)(C)C)ncc(F)c4c3)C(=O)O)ccc2OC)ccc1S(=O)(=O)C1CC1. The van der Waals surface area contributed by atoms with Gasteiger partial charge in [-0.2, -0.15) is 4.90 Å². The summed E-state index contributed by atoms with van der Waals surface area (Å²) in [5.41, 5.74) is 0.00612. The number of aryl methyl sites for hydroxylation is 1. The van der Waals surface area contributed by atoms with E-state index in [2.05, 4.69) is 20.9 Å². The zero-order chi connectivity index (χ0) is 43.4. The molecule has 1 aliphatic carbocycles. The summed E-state index contributed by atoms with van der Waals surface area (Å²) in [6, 6.07) is 12.3. The van der Waals surface area contributed by atoms with Gasteiger partial charge < -0.3 is 35.3 Å². The number of nitrogens with one attached hydrogen (secondary N) is 3. The van der Waals surface area contributed by atoms with Crippen molar-refractivity contribution < 1.29 is 51.3 Å². The lowest BCUT2D eigenvalue weighted by Gasteiger charge is -2.28. The Morgan fingerprint density at radius 3 is 2.12 bits per heavy atom. The van der Waals surface area contributed by atoms with Gasteiger partial charge in [-0.15, -0.1) is 0 Å². The van der Waals surface area contributed by atoms with Gasteiger partial charge in [-0.3, -0.25) is 4.79 Å². The Morgan fingerprint density at radius 1 is 0.898 bits per heavy atom. The minimum Gasteiger partial charge on any atom is -0.496 e. The molecule has 0 spiro atoms. The fourth-order valence-electron chi connectivity index (χ4n) is 6.25. The third-order valence-corrected chi connectivity index (χ3v) is 11.3. The van der Waals surface area contributed by atoms with E-state index in [4.69, 9.17) is 14.2 Å². The van der Waals surface area contributed by atoms with Gasteiger partial charge in [-0.25, -0.2) is 32.2 Å². The van der Waals surface area contributed by atoms with E-state index < -0.39 is 51.1 Å². The molecule has 3 aromatic carbocycles. The second kappa shape index (κ2) is 17.6. The van der Waals surface area contributed by atoms with Crippen LogP contribution in [0.2, 0.25) is 0 Å². The number of sulfone groups is 1. The number of anilines is 3. The second-order valence-corrected chi connectivity index (χ2v) is 18.3. The number of ether oxygens (including phenoxy) is 3. The standard InChI is InChI=1S/C42H50FN5O10S/c1-41(2,3)57-39(52)48(40(53)58-42(4,5)6)37-30-15-11-28(21-31(30)32(43)23-45-37)47-36(38(50)51)25-9-16-33(56-8)24(19-25)10-18-35(49)46-27-12-17-34(26(20-27)22-44-7)59(54,55)29-13-14-29/h9,11-12,15-17,19-21,23,29,36,44,47H,10,13-14,18,22H2,1-8H3,(H,46,49)(H,50,51). The molecule has 4 N–H and O–H groups in total. The maximum absolute atomic E-state index is 15.4. The van der Waals surface area contributed by atoms with Gasteiger partial charge in [0.15, 0.2) is 21.7 Å². The van der Waals surface area contributed by atoms with Crippen LogP contribution in [-0.4, -0.2) is 73.2 Å². The molecule has 15 nitrogen and oxygen atoms in total. The number of carbonyl (C=O) groups is 4. The average molecular weight is 836 g/mol. The molecule has 1 heterocycles. The highest BCUT2D eigenvalue weighted by atomic mass is 32.2. The highest BCUT2D eigenvalue weighted by Crippen LogP contribution is 2.36. The molecule has 0 bridgehead atoms. The van der Waals surface area contributed by atoms with E-state index >= 15 is 4.39 Å². The molecule has 5 rings (SSSR count). The Hall–Kier alpha value is -5.81. The minimum atomic E-state index is -3.45. The van der Waals surface area contributed by atoms with Crippen molar-refractivity contribution >= 4 is 61.9 Å². The van der Waals surface area contributed by atoms with Crippen LogP contribution in [0.1, 0.15) is 83.5 Å². The van der Waals surface area contributed by atoms with Crippen LogP contribution in [0, 0.1) is 5.82 Å². The third kappa shape index (κ3) is 11.0. The molecule has 1 aromatic heterocycles. The molecule has 0 saturated heterocycles. The molecule has 3 amide bonds. The highest BCUT2D eigenvalue weighted by Gasteiger charge is 2.38. The predicted molar refractivity (Wildman–Crippen MR) is 220 cm³/mol. The van der Waals surface area contributed by atoms with Crippen molar-refractivity contribution in [2.45, 2.75) is 101 Å². The summed E-state index contributed by atoms with van der Waals surface area (Å²) in [5, 5.41) is 18.7. The van der Waals surface area contributed by atoms with Crippen molar-refractivity contribution in [1.29, 1.82) is 0 Å². The summed E-state index contributed by atoms with van der Waals surface area (Å²) in [5.74, 6) is -2.27. The molecule has 0 aliphatic heterocycles. The Morgan fingerprint density at radius 2 is 1.54 bits per heavy atom. The van der Waals surface area contributed by atoms with Crippen molar-refractivity contribution in [1.82, 2.24) is 10.3 Å². The number of aliphatic carboxylic acids is 1. The number of pyridine rings is 1. The number of methoxy groups -OCH3 is 1. The van der Waals surface area contributed by atoms with Gasteiger partial charge in [0.2, 0.25) is 5.91 Å². The van der Waals surface area contributed by atoms with Crippen molar-refractivity contribution in [2.75, 3.05) is 29.7 Å². The van der Waals surface area contributed by atoms with Crippen LogP contribution in [0.5, 0.6) is 5.75 Å². The van der Waals surface area contributed by atoms with Crippen molar-refractivity contribution in [2.24, 2.45) is 0 Å². The van der Waals surface area contributed by atoms with E-state index in [-0.39, 0.29) is 51.2 Å². The number of carboxylic acids is 1. The minimum absolute atomic E-state index is 0.0155. The fourth-order valence-corrected chi connectivity index (χ4v) is 8.12. The average Bonchev–Trinajstić information content (AvgIpc) is 4.00. The summed E-state index contributed by atoms with van der Waals surface area (Å²) < 4.78 is 57.8. The molecule has 1 fully saturated rings. The molecular weight excluding hydrogens is 786 g/mol. The lowest BCUT2D eigenvalue weighted by atomic mass is 9.99. The van der Waals surface area contributed by atoms with Crippen LogP contribution in [0.15, 0.2) is 65.7 Å². The molecule has 0 radical (unpaired) electrons. The third-order valence-electron chi connectivity index (χ3n) is 8.98. The summed E-state index contributed by atoms with van der Waals surface area (Å²) in [6.45, 7) is 9.98. The quantitative estimate of drug-likeness (QED) is 0.0972. The Kier molecular flexibility index (Phi) is 13.2. The van der Waals surface area contributed by atoms with Crippen molar-refractivity contribution in [3.8, 4) is 5.75 Å². The lowest BCUT2D eigenvalue weighted by Crippen LogP contribution is -2.44. The number of nitrogens with zero attached hydrogens (tertiary/aromatic N) is 2. The van der Waals surface area contributed by atoms with Crippen LogP contribution in [0.4, 0.5) is 31.2 Å². The van der Waals surface area contributed by atoms with E-state index in [0.717, 1.165) is 6.20 Å². The monoisotopic (exact) mass is 835 g/mol. The number of benzene rings is 3. The van der Waals surface area contributed by atoms with Gasteiger partial charge >= 0.3 is 18.2 Å². The molecule has 17 heteroatoms. The van der Waals surface area contributed by atoms with Gasteiger partial charge in [0.05, 0.1) is 23.5 Å². The summed E-state index contributed by atoms with van der Waals surface area (Å²) >= 11 is 0. The van der Waals surface area contributed by atoms with Crippen LogP contribution in [0.25, 0.3) is 10.8 Å². The van der Waals surface area contributed by atoms with E-state index in [9.17, 15) is 32.7 Å². The number of aromatic nitrogens is 1. The van der Waals surface area contributed by atoms with Gasteiger partial charge in [0.1, 0.15) is 22.8 Å². The zero-order valence-electron chi connectivity index (χ0n) is 34.3. The summed E-state index contributed by atoms with van der Waals surface area (Å²) in [4.78, 5) is 57.4. The maximum Gasteiger partial charge on any atom is 0.425 e. The van der Waals surface area contributed by atoms with Crippen LogP contribution >= 0.6 is 0 Å². The number of rotatable bonds is 14. The normalized spacial score (nSPS) is 13.6. The molecule has 1 unspecified atom stereocenters. The molecule has 1 saturated carbocycles. The van der Waals surface area contributed by atoms with E-state index in [0.29, 0.717) is 52.4 Å². The smallest absolute Gasteiger partial charge is 0.425 e. The van der Waals surface area contributed by atoms with Gasteiger partial charge in [-0.1, -0.05) is 6.07 Å². The van der Waals surface area contributed by atoms with E-state index in [1.165, 1.54) is 31.4 Å². The largest absolute Gasteiger partial charge is 0.496 e. The molecule has 1 atom stereocenters. The number of carboxylic acid groups (broad SMARTS) is 1. The van der Waals surface area contributed by atoms with Crippen LogP contribution in [-0.2, 0) is 41.9 Å². The number of hydrogen-bond acceptors (Lipinski definition) is 12. The topological polar surface area (TPSA) is 203 Å². The Labute approximate surface area is 342 Å². The number of fused-ring (bicyclic) bond motifs is 1. The number of halogens is 1. The first kappa shape index (κ1) is 44.3. The van der Waals surface area contributed by atoms with Gasteiger partial charge in [0.25, 0.3) is 0 Å². The lowest BCUT2D eigenvalue weighted by molar-refractivity contribution is -0.138. The fraction of sp³-hybridized carbons (Fsp3) is 0.405. The molecule has 59 heavy (non-hydrogen) atoms. The second-order valence-electron chi connectivity index (χ2n) is 16.1. The number of carbonyl (C=O) groups excluding carboxylic acids is 3. The predicted octanol–water partition coefficient (Wildman–Crippen LogP) is 7.52. The van der Waals surface area contributed by atoms with Gasteiger partial charge in [0, 0.05) is 35.1 Å². The van der Waals surface area contributed by atoms with Crippen LogP contribution in [0.3, 0.4) is 0 Å².